The molecule has 0 aliphatic carbocycles. The van der Waals surface area contributed by atoms with Crippen molar-refractivity contribution in [3.05, 3.63) is 48.2 Å². The topological polar surface area (TPSA) is 43.4 Å². The number of pyridine rings is 1. The van der Waals surface area contributed by atoms with Crippen LogP contribution in [-0.2, 0) is 6.54 Å². The molecule has 2 rings (SSSR count). The summed E-state index contributed by atoms with van der Waals surface area (Å²) < 4.78 is 11.0. The fourth-order valence-electron chi connectivity index (χ4n) is 1.80. The van der Waals surface area contributed by atoms with Crippen LogP contribution >= 0.6 is 0 Å². The summed E-state index contributed by atoms with van der Waals surface area (Å²) in [6.07, 6.45) is 2.95. The van der Waals surface area contributed by atoms with Gasteiger partial charge in [-0.25, -0.2) is 4.98 Å². The molecular weight excluding hydrogens is 252 g/mol. The van der Waals surface area contributed by atoms with Gasteiger partial charge in [-0.15, -0.1) is 0 Å². The van der Waals surface area contributed by atoms with Crippen molar-refractivity contribution in [3.63, 3.8) is 0 Å². The lowest BCUT2D eigenvalue weighted by molar-refractivity contribution is 0.374. The minimum absolute atomic E-state index is 0.564. The third kappa shape index (κ3) is 3.96. The van der Waals surface area contributed by atoms with Crippen LogP contribution in [0.1, 0.15) is 18.9 Å². The Labute approximate surface area is 119 Å². The van der Waals surface area contributed by atoms with E-state index in [4.69, 9.17) is 9.47 Å². The van der Waals surface area contributed by atoms with Crippen molar-refractivity contribution in [2.45, 2.75) is 19.9 Å². The molecule has 20 heavy (non-hydrogen) atoms. The average Bonchev–Trinajstić information content (AvgIpc) is 2.50. The van der Waals surface area contributed by atoms with Crippen LogP contribution in [0, 0.1) is 0 Å². The Hall–Kier alpha value is -2.07. The first-order chi connectivity index (χ1) is 9.83. The number of aromatic nitrogens is 1. The molecule has 1 N–H and O–H groups in total. The Kier molecular flexibility index (Phi) is 5.38. The molecule has 1 aromatic carbocycles. The van der Waals surface area contributed by atoms with Gasteiger partial charge in [0.25, 0.3) is 0 Å². The van der Waals surface area contributed by atoms with Gasteiger partial charge in [0.15, 0.2) is 11.5 Å². The first kappa shape index (κ1) is 14.3. The Morgan fingerprint density at radius 3 is 2.55 bits per heavy atom. The molecule has 0 radical (unpaired) electrons. The van der Waals surface area contributed by atoms with Crippen LogP contribution < -0.4 is 14.8 Å². The van der Waals surface area contributed by atoms with Gasteiger partial charge >= 0.3 is 0 Å². The predicted octanol–water partition coefficient (Wildman–Crippen LogP) is 3.38. The normalized spacial score (nSPS) is 10.3. The Morgan fingerprint density at radius 1 is 1.10 bits per heavy atom. The summed E-state index contributed by atoms with van der Waals surface area (Å²) in [7, 11) is 1.62. The summed E-state index contributed by atoms with van der Waals surface area (Å²) in [5.74, 6) is 1.93. The highest BCUT2D eigenvalue weighted by Crippen LogP contribution is 2.29. The molecule has 0 amide bonds. The summed E-state index contributed by atoms with van der Waals surface area (Å²) in [5, 5.41) is 3.34. The van der Waals surface area contributed by atoms with E-state index in [1.54, 1.807) is 7.11 Å². The van der Waals surface area contributed by atoms with Gasteiger partial charge in [0.05, 0.1) is 7.11 Å². The van der Waals surface area contributed by atoms with E-state index in [2.05, 4.69) is 17.2 Å². The van der Waals surface area contributed by atoms with E-state index in [0.717, 1.165) is 25.1 Å². The molecular formula is C16H20N2O2. The third-order valence-electron chi connectivity index (χ3n) is 2.84. The molecule has 0 saturated carbocycles. The molecule has 0 aliphatic rings. The van der Waals surface area contributed by atoms with E-state index >= 15 is 0 Å². The molecule has 4 nitrogen and oxygen atoms in total. The third-order valence-corrected chi connectivity index (χ3v) is 2.84. The Morgan fingerprint density at radius 2 is 1.90 bits per heavy atom. The standard InChI is InChI=1S/C16H20N2O2/c1-3-10-17-11-13-8-9-16(18-12-13)20-15-7-5-4-6-14(15)19-2/h4-9,12,17H,3,10-11H2,1-2H3. The van der Waals surface area contributed by atoms with Gasteiger partial charge in [-0.2, -0.15) is 0 Å². The summed E-state index contributed by atoms with van der Waals surface area (Å²) in [6.45, 7) is 3.99. The maximum Gasteiger partial charge on any atom is 0.219 e. The number of hydrogen-bond donors (Lipinski definition) is 1. The fraction of sp³-hybridized carbons (Fsp3) is 0.312. The Balaban J connectivity index is 1.99. The number of hydrogen-bond acceptors (Lipinski definition) is 4. The van der Waals surface area contributed by atoms with Crippen LogP contribution in [-0.4, -0.2) is 18.6 Å². The summed E-state index contributed by atoms with van der Waals surface area (Å²) >= 11 is 0. The minimum atomic E-state index is 0.564. The molecule has 1 aromatic heterocycles. The van der Waals surface area contributed by atoms with Crippen molar-refractivity contribution < 1.29 is 9.47 Å². The second-order valence-electron chi connectivity index (χ2n) is 4.43. The first-order valence-electron chi connectivity index (χ1n) is 6.80. The van der Waals surface area contributed by atoms with Crippen LogP contribution in [0.2, 0.25) is 0 Å². The van der Waals surface area contributed by atoms with Crippen molar-refractivity contribution in [1.29, 1.82) is 0 Å². The molecule has 0 fully saturated rings. The molecule has 0 atom stereocenters. The van der Waals surface area contributed by atoms with E-state index in [1.807, 2.05) is 42.6 Å². The monoisotopic (exact) mass is 272 g/mol. The number of nitrogens with zero attached hydrogens (tertiary/aromatic N) is 1. The van der Waals surface area contributed by atoms with E-state index in [0.29, 0.717) is 17.4 Å². The van der Waals surface area contributed by atoms with Crippen molar-refractivity contribution in [2.24, 2.45) is 0 Å². The van der Waals surface area contributed by atoms with E-state index in [-0.39, 0.29) is 0 Å². The maximum atomic E-state index is 5.72. The van der Waals surface area contributed by atoms with Gasteiger partial charge in [0.1, 0.15) is 0 Å². The van der Waals surface area contributed by atoms with Gasteiger partial charge < -0.3 is 14.8 Å². The van der Waals surface area contributed by atoms with Crippen LogP contribution in [0.5, 0.6) is 17.4 Å². The molecule has 0 aliphatic heterocycles. The van der Waals surface area contributed by atoms with Gasteiger partial charge in [-0.1, -0.05) is 25.1 Å². The van der Waals surface area contributed by atoms with Gasteiger partial charge in [0, 0.05) is 18.8 Å². The van der Waals surface area contributed by atoms with Crippen molar-refractivity contribution >= 4 is 0 Å². The lowest BCUT2D eigenvalue weighted by Crippen LogP contribution is -2.13. The smallest absolute Gasteiger partial charge is 0.219 e. The number of rotatable bonds is 7. The molecule has 0 spiro atoms. The quantitative estimate of drug-likeness (QED) is 0.785. The molecule has 4 heteroatoms. The van der Waals surface area contributed by atoms with Crippen molar-refractivity contribution in [3.8, 4) is 17.4 Å². The van der Waals surface area contributed by atoms with E-state index < -0.39 is 0 Å². The summed E-state index contributed by atoms with van der Waals surface area (Å²) in [6, 6.07) is 11.4. The van der Waals surface area contributed by atoms with Gasteiger partial charge in [-0.3, -0.25) is 0 Å². The van der Waals surface area contributed by atoms with Crippen LogP contribution in [0.4, 0.5) is 0 Å². The zero-order valence-corrected chi connectivity index (χ0v) is 11.9. The lowest BCUT2D eigenvalue weighted by Gasteiger charge is -2.09. The number of para-hydroxylation sites is 2. The molecule has 0 unspecified atom stereocenters. The highest BCUT2D eigenvalue weighted by Gasteiger charge is 2.05. The maximum absolute atomic E-state index is 5.72. The molecule has 106 valence electrons. The van der Waals surface area contributed by atoms with E-state index in [1.165, 1.54) is 0 Å². The second-order valence-corrected chi connectivity index (χ2v) is 4.43. The fourth-order valence-corrected chi connectivity index (χ4v) is 1.80. The largest absolute Gasteiger partial charge is 0.493 e. The van der Waals surface area contributed by atoms with Crippen LogP contribution in [0.3, 0.4) is 0 Å². The predicted molar refractivity (Wildman–Crippen MR) is 79.3 cm³/mol. The molecule has 1 heterocycles. The van der Waals surface area contributed by atoms with Crippen molar-refractivity contribution in [2.75, 3.05) is 13.7 Å². The lowest BCUT2D eigenvalue weighted by atomic mass is 10.3. The summed E-state index contributed by atoms with van der Waals surface area (Å²) in [4.78, 5) is 4.31. The van der Waals surface area contributed by atoms with Crippen molar-refractivity contribution in [1.82, 2.24) is 10.3 Å². The molecule has 0 saturated heterocycles. The number of nitrogens with one attached hydrogen (secondary N) is 1. The first-order valence-corrected chi connectivity index (χ1v) is 6.80. The number of benzene rings is 1. The van der Waals surface area contributed by atoms with Crippen LogP contribution in [0.25, 0.3) is 0 Å². The average molecular weight is 272 g/mol. The minimum Gasteiger partial charge on any atom is -0.493 e. The van der Waals surface area contributed by atoms with Gasteiger partial charge in [0.2, 0.25) is 5.88 Å². The number of ether oxygens (including phenoxy) is 2. The molecule has 2 aromatic rings. The SMILES string of the molecule is CCCNCc1ccc(Oc2ccccc2OC)nc1. The Bertz CT molecular complexity index is 526. The molecule has 0 bridgehead atoms. The highest BCUT2D eigenvalue weighted by molar-refractivity contribution is 5.41. The van der Waals surface area contributed by atoms with Crippen LogP contribution in [0.15, 0.2) is 42.6 Å². The van der Waals surface area contributed by atoms with Gasteiger partial charge in [-0.05, 0) is 30.7 Å². The second kappa shape index (κ2) is 7.50. The summed E-state index contributed by atoms with van der Waals surface area (Å²) in [5.41, 5.74) is 1.14. The van der Waals surface area contributed by atoms with E-state index in [9.17, 15) is 0 Å². The highest BCUT2D eigenvalue weighted by atomic mass is 16.5. The zero-order valence-electron chi connectivity index (χ0n) is 11.9. The zero-order chi connectivity index (χ0) is 14.2. The number of methoxy groups -OCH3 is 1.